The van der Waals surface area contributed by atoms with Crippen LogP contribution in [0.15, 0.2) is 29.2 Å². The van der Waals surface area contributed by atoms with Crippen molar-refractivity contribution in [2.45, 2.75) is 11.4 Å². The number of nitrogens with zero attached hydrogens (tertiary/aromatic N) is 4. The third-order valence-electron chi connectivity index (χ3n) is 3.31. The molecule has 0 aliphatic carbocycles. The summed E-state index contributed by atoms with van der Waals surface area (Å²) in [5.41, 5.74) is 0.302. The number of carbonyl (C=O) groups is 1. The van der Waals surface area contributed by atoms with Crippen molar-refractivity contribution in [3.8, 4) is 12.0 Å². The number of benzene rings is 1. The fourth-order valence-electron chi connectivity index (χ4n) is 1.89. The van der Waals surface area contributed by atoms with E-state index < -0.39 is 15.9 Å². The molecule has 1 amide bonds. The summed E-state index contributed by atoms with van der Waals surface area (Å²) in [7, 11) is 2.14. The zero-order valence-electron chi connectivity index (χ0n) is 14.8. The average molecular weight is 381 g/mol. The number of aromatic nitrogens is 3. The van der Waals surface area contributed by atoms with E-state index in [-0.39, 0.29) is 29.3 Å². The number of ether oxygens (including phenoxy) is 2. The minimum atomic E-state index is -3.54. The highest BCUT2D eigenvalue weighted by atomic mass is 32.2. The molecule has 1 N–H and O–H groups in total. The van der Waals surface area contributed by atoms with Crippen molar-refractivity contribution >= 4 is 15.9 Å². The number of sulfonamides is 1. The van der Waals surface area contributed by atoms with Gasteiger partial charge in [0.1, 0.15) is 0 Å². The van der Waals surface area contributed by atoms with E-state index in [0.717, 1.165) is 4.31 Å². The van der Waals surface area contributed by atoms with Gasteiger partial charge in [-0.2, -0.15) is 9.97 Å². The van der Waals surface area contributed by atoms with Crippen LogP contribution in [-0.4, -0.2) is 61.9 Å². The van der Waals surface area contributed by atoms with E-state index in [2.05, 4.69) is 20.3 Å². The molecule has 140 valence electrons. The van der Waals surface area contributed by atoms with Gasteiger partial charge in [0.2, 0.25) is 10.0 Å². The van der Waals surface area contributed by atoms with Crippen molar-refractivity contribution in [3.63, 3.8) is 0 Å². The molecule has 1 heterocycles. The molecular weight excluding hydrogens is 362 g/mol. The summed E-state index contributed by atoms with van der Waals surface area (Å²) in [4.78, 5) is 24.2. The Morgan fingerprint density at radius 1 is 1.04 bits per heavy atom. The first-order valence-electron chi connectivity index (χ1n) is 7.41. The van der Waals surface area contributed by atoms with E-state index in [1.54, 1.807) is 0 Å². The molecule has 2 rings (SSSR count). The van der Waals surface area contributed by atoms with Crippen LogP contribution in [0.3, 0.4) is 0 Å². The Kier molecular flexibility index (Phi) is 6.05. The summed E-state index contributed by atoms with van der Waals surface area (Å²) in [6.45, 7) is 0.0197. The van der Waals surface area contributed by atoms with Crippen molar-refractivity contribution in [1.82, 2.24) is 24.6 Å². The van der Waals surface area contributed by atoms with Crippen LogP contribution in [0.1, 0.15) is 16.2 Å². The van der Waals surface area contributed by atoms with E-state index in [0.29, 0.717) is 5.56 Å². The van der Waals surface area contributed by atoms with Crippen molar-refractivity contribution in [2.24, 2.45) is 0 Å². The first kappa shape index (κ1) is 19.5. The predicted molar refractivity (Wildman–Crippen MR) is 91.4 cm³/mol. The van der Waals surface area contributed by atoms with Crippen molar-refractivity contribution in [2.75, 3.05) is 28.3 Å². The van der Waals surface area contributed by atoms with Gasteiger partial charge in [0.05, 0.1) is 25.7 Å². The van der Waals surface area contributed by atoms with E-state index in [1.165, 1.54) is 52.6 Å². The Hall–Kier alpha value is -2.79. The van der Waals surface area contributed by atoms with Crippen LogP contribution in [0.2, 0.25) is 0 Å². The Morgan fingerprint density at radius 2 is 1.58 bits per heavy atom. The van der Waals surface area contributed by atoms with E-state index >= 15 is 0 Å². The highest BCUT2D eigenvalue weighted by Gasteiger charge is 2.17. The highest BCUT2D eigenvalue weighted by molar-refractivity contribution is 7.89. The third kappa shape index (κ3) is 4.43. The highest BCUT2D eigenvalue weighted by Crippen LogP contribution is 2.14. The largest absolute Gasteiger partial charge is 0.467 e. The molecular formula is C15H19N5O5S. The second kappa shape index (κ2) is 8.06. The van der Waals surface area contributed by atoms with Crippen LogP contribution in [0.5, 0.6) is 12.0 Å². The first-order valence-corrected chi connectivity index (χ1v) is 8.85. The maximum atomic E-state index is 12.2. The van der Waals surface area contributed by atoms with Crippen LogP contribution >= 0.6 is 0 Å². The summed E-state index contributed by atoms with van der Waals surface area (Å²) in [5, 5.41) is 2.64. The average Bonchev–Trinajstić information content (AvgIpc) is 2.65. The minimum Gasteiger partial charge on any atom is -0.467 e. The van der Waals surface area contributed by atoms with E-state index in [1.807, 2.05) is 0 Å². The van der Waals surface area contributed by atoms with Gasteiger partial charge < -0.3 is 14.8 Å². The monoisotopic (exact) mass is 381 g/mol. The van der Waals surface area contributed by atoms with Crippen molar-refractivity contribution < 1.29 is 22.7 Å². The lowest BCUT2D eigenvalue weighted by Crippen LogP contribution is -2.25. The van der Waals surface area contributed by atoms with Gasteiger partial charge in [0, 0.05) is 19.7 Å². The molecule has 0 bridgehead atoms. The molecule has 26 heavy (non-hydrogen) atoms. The third-order valence-corrected chi connectivity index (χ3v) is 5.14. The number of nitrogens with one attached hydrogen (secondary N) is 1. The number of amides is 1. The molecule has 11 heteroatoms. The first-order chi connectivity index (χ1) is 12.3. The molecule has 1 aromatic heterocycles. The number of hydrogen-bond donors (Lipinski definition) is 1. The summed E-state index contributed by atoms with van der Waals surface area (Å²) in [6, 6.07) is 5.75. The van der Waals surface area contributed by atoms with Crippen molar-refractivity contribution in [1.29, 1.82) is 0 Å². The van der Waals surface area contributed by atoms with E-state index in [4.69, 9.17) is 9.47 Å². The van der Waals surface area contributed by atoms with Crippen LogP contribution in [-0.2, 0) is 16.6 Å². The molecule has 2 aromatic rings. The lowest BCUT2D eigenvalue weighted by Gasteiger charge is -2.11. The standard InChI is InChI=1S/C15H19N5O5S/c1-20(2)26(22,23)11-7-5-10(6-8-11)13(21)16-9-12-17-14(24-3)19-15(18-12)25-4/h5-8H,9H2,1-4H3,(H,16,21). The normalized spacial score (nSPS) is 11.3. The molecule has 0 unspecified atom stereocenters. The minimum absolute atomic E-state index is 0.0197. The molecule has 0 atom stereocenters. The molecule has 0 saturated heterocycles. The van der Waals surface area contributed by atoms with Gasteiger partial charge in [-0.15, -0.1) is 4.98 Å². The molecule has 0 spiro atoms. The second-order valence-electron chi connectivity index (χ2n) is 5.22. The summed E-state index contributed by atoms with van der Waals surface area (Å²) in [6.07, 6.45) is 0. The smallest absolute Gasteiger partial charge is 0.322 e. The molecule has 0 fully saturated rings. The summed E-state index contributed by atoms with van der Waals surface area (Å²) in [5.74, 6) is -0.147. The second-order valence-corrected chi connectivity index (χ2v) is 7.37. The van der Waals surface area contributed by atoms with Gasteiger partial charge >= 0.3 is 12.0 Å². The maximum absolute atomic E-state index is 12.2. The fraction of sp³-hybridized carbons (Fsp3) is 0.333. The Balaban J connectivity index is 2.09. The van der Waals surface area contributed by atoms with Gasteiger partial charge in [0.15, 0.2) is 5.82 Å². The van der Waals surface area contributed by atoms with Crippen molar-refractivity contribution in [3.05, 3.63) is 35.7 Å². The molecule has 0 aliphatic heterocycles. The van der Waals surface area contributed by atoms with Gasteiger partial charge in [0.25, 0.3) is 5.91 Å². The molecule has 0 aliphatic rings. The SMILES string of the molecule is COc1nc(CNC(=O)c2ccc(S(=O)(=O)N(C)C)cc2)nc(OC)n1. The Bertz CT molecular complexity index is 862. The summed E-state index contributed by atoms with van der Waals surface area (Å²) >= 11 is 0. The fourth-order valence-corrected chi connectivity index (χ4v) is 2.79. The lowest BCUT2D eigenvalue weighted by atomic mass is 10.2. The quantitative estimate of drug-likeness (QED) is 0.714. The van der Waals surface area contributed by atoms with Crippen LogP contribution in [0.25, 0.3) is 0 Å². The predicted octanol–water partition coefficient (Wildman–Crippen LogP) is 0.0691. The molecule has 10 nitrogen and oxygen atoms in total. The van der Waals surface area contributed by atoms with Gasteiger partial charge in [-0.25, -0.2) is 12.7 Å². The van der Waals surface area contributed by atoms with Gasteiger partial charge in [-0.1, -0.05) is 0 Å². The Morgan fingerprint density at radius 3 is 2.04 bits per heavy atom. The van der Waals surface area contributed by atoms with Crippen LogP contribution < -0.4 is 14.8 Å². The number of hydrogen-bond acceptors (Lipinski definition) is 8. The zero-order chi connectivity index (χ0) is 19.3. The lowest BCUT2D eigenvalue weighted by molar-refractivity contribution is 0.0949. The number of methoxy groups -OCH3 is 2. The summed E-state index contributed by atoms with van der Waals surface area (Å²) < 4.78 is 35.0. The van der Waals surface area contributed by atoms with Gasteiger partial charge in [-0.3, -0.25) is 4.79 Å². The topological polar surface area (TPSA) is 124 Å². The van der Waals surface area contributed by atoms with Crippen LogP contribution in [0, 0.1) is 0 Å². The van der Waals surface area contributed by atoms with Gasteiger partial charge in [-0.05, 0) is 24.3 Å². The zero-order valence-corrected chi connectivity index (χ0v) is 15.6. The van der Waals surface area contributed by atoms with Crippen LogP contribution in [0.4, 0.5) is 0 Å². The number of carbonyl (C=O) groups excluding carboxylic acids is 1. The molecule has 0 saturated carbocycles. The maximum Gasteiger partial charge on any atom is 0.322 e. The molecule has 1 aromatic carbocycles. The molecule has 0 radical (unpaired) electrons. The Labute approximate surface area is 151 Å². The number of rotatable bonds is 7. The van der Waals surface area contributed by atoms with E-state index in [9.17, 15) is 13.2 Å².